The maximum atomic E-state index is 6.41. The summed E-state index contributed by atoms with van der Waals surface area (Å²) < 4.78 is 6.41. The van der Waals surface area contributed by atoms with E-state index in [9.17, 15) is 0 Å². The molecule has 2 heterocycles. The van der Waals surface area contributed by atoms with Crippen LogP contribution in [0.2, 0.25) is 0 Å². The van der Waals surface area contributed by atoms with Crippen molar-refractivity contribution in [2.45, 2.75) is 0 Å². The number of para-hydroxylation sites is 1. The van der Waals surface area contributed by atoms with E-state index in [4.69, 9.17) is 9.40 Å². The summed E-state index contributed by atoms with van der Waals surface area (Å²) in [5, 5.41) is 9.25. The highest BCUT2D eigenvalue weighted by molar-refractivity contribution is 6.13. The van der Waals surface area contributed by atoms with Gasteiger partial charge < -0.3 is 9.32 Å². The molecule has 0 atom stereocenters. The van der Waals surface area contributed by atoms with Crippen LogP contribution >= 0.6 is 0 Å². The fourth-order valence-electron chi connectivity index (χ4n) is 8.38. The number of aromatic nitrogens is 1. The number of pyridine rings is 1. The molecule has 0 bridgehead atoms. The SMILES string of the molecule is c1ccc(-c2cc(-c3ccc(N(c4ccc(-c5cccc6ccccc56)cc4)c4cncc5cc6c(cc45)oc4ccccc46)cc3)c3ccccc3c2)cc1. The maximum absolute atomic E-state index is 6.41. The number of hydrogen-bond donors (Lipinski definition) is 0. The van der Waals surface area contributed by atoms with Crippen molar-refractivity contribution in [3.8, 4) is 33.4 Å². The molecule has 0 spiro atoms. The molecule has 0 aliphatic carbocycles. The van der Waals surface area contributed by atoms with Crippen molar-refractivity contribution in [1.82, 2.24) is 4.98 Å². The Hall–Kier alpha value is -7.49. The summed E-state index contributed by atoms with van der Waals surface area (Å²) >= 11 is 0. The zero-order valence-corrected chi connectivity index (χ0v) is 30.4. The zero-order chi connectivity index (χ0) is 37.0. The summed E-state index contributed by atoms with van der Waals surface area (Å²) in [6.07, 6.45) is 3.93. The predicted molar refractivity (Wildman–Crippen MR) is 235 cm³/mol. The first-order chi connectivity index (χ1) is 27.7. The minimum Gasteiger partial charge on any atom is -0.456 e. The van der Waals surface area contributed by atoms with Crippen molar-refractivity contribution in [1.29, 1.82) is 0 Å². The summed E-state index contributed by atoms with van der Waals surface area (Å²) in [5.74, 6) is 0. The molecule has 9 aromatic carbocycles. The molecule has 0 N–H and O–H groups in total. The Morgan fingerprint density at radius 2 is 0.964 bits per heavy atom. The van der Waals surface area contributed by atoms with Gasteiger partial charge in [-0.15, -0.1) is 0 Å². The first-order valence-corrected chi connectivity index (χ1v) is 19.0. The van der Waals surface area contributed by atoms with Crippen LogP contribution < -0.4 is 4.90 Å². The average molecular weight is 715 g/mol. The quantitative estimate of drug-likeness (QED) is 0.172. The van der Waals surface area contributed by atoms with Crippen LogP contribution in [0.15, 0.2) is 211 Å². The highest BCUT2D eigenvalue weighted by Crippen LogP contribution is 2.43. The molecule has 3 heteroatoms. The Bertz CT molecular complexity index is 3230. The third kappa shape index (κ3) is 5.40. The topological polar surface area (TPSA) is 29.3 Å². The molecule has 0 aliphatic heterocycles. The van der Waals surface area contributed by atoms with E-state index >= 15 is 0 Å². The molecule has 0 fully saturated rings. The van der Waals surface area contributed by atoms with Crippen LogP contribution in [0.25, 0.3) is 87.6 Å². The molecule has 0 aliphatic rings. The largest absolute Gasteiger partial charge is 0.456 e. The molecule has 0 amide bonds. The van der Waals surface area contributed by atoms with Crippen molar-refractivity contribution < 1.29 is 4.42 Å². The Morgan fingerprint density at radius 3 is 1.73 bits per heavy atom. The highest BCUT2D eigenvalue weighted by Gasteiger charge is 2.19. The highest BCUT2D eigenvalue weighted by atomic mass is 16.3. The fraction of sp³-hybridized carbons (Fsp3) is 0. The molecule has 0 radical (unpaired) electrons. The first kappa shape index (κ1) is 32.0. The van der Waals surface area contributed by atoms with E-state index in [0.29, 0.717) is 0 Å². The van der Waals surface area contributed by atoms with Crippen molar-refractivity contribution in [2.24, 2.45) is 0 Å². The monoisotopic (exact) mass is 714 g/mol. The third-order valence-corrected chi connectivity index (χ3v) is 11.1. The summed E-state index contributed by atoms with van der Waals surface area (Å²) in [5.41, 5.74) is 12.0. The van der Waals surface area contributed by atoms with E-state index in [1.807, 2.05) is 24.5 Å². The zero-order valence-electron chi connectivity index (χ0n) is 30.4. The van der Waals surface area contributed by atoms with Crippen molar-refractivity contribution >= 4 is 71.3 Å². The molecule has 3 nitrogen and oxygen atoms in total. The normalized spacial score (nSPS) is 11.6. The number of hydrogen-bond acceptors (Lipinski definition) is 3. The molecule has 262 valence electrons. The number of nitrogens with zero attached hydrogens (tertiary/aromatic N) is 2. The lowest BCUT2D eigenvalue weighted by atomic mass is 9.93. The van der Waals surface area contributed by atoms with Gasteiger partial charge in [0.1, 0.15) is 11.2 Å². The minimum absolute atomic E-state index is 0.859. The van der Waals surface area contributed by atoms with Gasteiger partial charge in [-0.2, -0.15) is 0 Å². The van der Waals surface area contributed by atoms with E-state index in [-0.39, 0.29) is 0 Å². The summed E-state index contributed by atoms with van der Waals surface area (Å²) in [7, 11) is 0. The van der Waals surface area contributed by atoms with Gasteiger partial charge in [-0.25, -0.2) is 0 Å². The lowest BCUT2D eigenvalue weighted by Gasteiger charge is -2.27. The second kappa shape index (κ2) is 13.1. The van der Waals surface area contributed by atoms with Gasteiger partial charge in [0.25, 0.3) is 0 Å². The van der Waals surface area contributed by atoms with Gasteiger partial charge in [-0.3, -0.25) is 4.98 Å². The molecule has 11 rings (SSSR count). The number of benzene rings is 9. The van der Waals surface area contributed by atoms with Gasteiger partial charge in [0, 0.05) is 39.1 Å². The average Bonchev–Trinajstić information content (AvgIpc) is 3.63. The molecular weight excluding hydrogens is 681 g/mol. The van der Waals surface area contributed by atoms with Crippen molar-refractivity contribution in [3.05, 3.63) is 207 Å². The van der Waals surface area contributed by atoms with Crippen molar-refractivity contribution in [2.75, 3.05) is 4.90 Å². The summed E-state index contributed by atoms with van der Waals surface area (Å²) in [6, 6.07) is 69.5. The molecule has 11 aromatic rings. The second-order valence-corrected chi connectivity index (χ2v) is 14.4. The predicted octanol–water partition coefficient (Wildman–Crippen LogP) is 14.9. The van der Waals surface area contributed by atoms with Crippen molar-refractivity contribution in [3.63, 3.8) is 0 Å². The Balaban J connectivity index is 1.07. The summed E-state index contributed by atoms with van der Waals surface area (Å²) in [4.78, 5) is 7.14. The van der Waals surface area contributed by atoms with Gasteiger partial charge in [0.2, 0.25) is 0 Å². The van der Waals surface area contributed by atoms with Crippen LogP contribution in [0.1, 0.15) is 0 Å². The molecular formula is C53H34N2O. The van der Waals surface area contributed by atoms with E-state index in [1.165, 1.54) is 49.4 Å². The molecule has 0 saturated heterocycles. The Kier molecular flexibility index (Phi) is 7.49. The maximum Gasteiger partial charge on any atom is 0.136 e. The lowest BCUT2D eigenvalue weighted by molar-refractivity contribution is 0.669. The van der Waals surface area contributed by atoms with Gasteiger partial charge in [-0.1, -0.05) is 140 Å². The lowest BCUT2D eigenvalue weighted by Crippen LogP contribution is -2.11. The van der Waals surface area contributed by atoms with Gasteiger partial charge in [-0.05, 0) is 110 Å². The number of rotatable bonds is 6. The summed E-state index contributed by atoms with van der Waals surface area (Å²) in [6.45, 7) is 0. The van der Waals surface area contributed by atoms with E-state index in [2.05, 4.69) is 187 Å². The smallest absolute Gasteiger partial charge is 0.136 e. The van der Waals surface area contributed by atoms with Gasteiger partial charge >= 0.3 is 0 Å². The van der Waals surface area contributed by atoms with Crippen LogP contribution in [0, 0.1) is 0 Å². The van der Waals surface area contributed by atoms with Gasteiger partial charge in [0.05, 0.1) is 11.9 Å². The van der Waals surface area contributed by atoms with E-state index < -0.39 is 0 Å². The van der Waals surface area contributed by atoms with E-state index in [0.717, 1.165) is 55.3 Å². The van der Waals surface area contributed by atoms with E-state index in [1.54, 1.807) is 0 Å². The molecule has 2 aromatic heterocycles. The van der Waals surface area contributed by atoms with Crippen LogP contribution in [-0.2, 0) is 0 Å². The fourth-order valence-corrected chi connectivity index (χ4v) is 8.38. The second-order valence-electron chi connectivity index (χ2n) is 14.4. The molecule has 56 heavy (non-hydrogen) atoms. The number of furan rings is 1. The van der Waals surface area contributed by atoms with Crippen LogP contribution in [0.5, 0.6) is 0 Å². The Labute approximate surface area is 324 Å². The minimum atomic E-state index is 0.859. The molecule has 0 saturated carbocycles. The third-order valence-electron chi connectivity index (χ3n) is 11.1. The van der Waals surface area contributed by atoms with Crippen LogP contribution in [0.4, 0.5) is 17.1 Å². The first-order valence-electron chi connectivity index (χ1n) is 19.0. The standard InChI is InChI=1S/C53H34N2O/c1-2-11-35(12-3-1)40-29-39-14-5-7-17-46(39)48(30-40)38-23-27-43(28-24-38)55(42-25-21-37(22-26-42)45-19-10-15-36-13-4-6-16-44(36)45)51-34-54-33-41-31-50-47-18-8-9-20-52(47)56-53(50)32-49(41)51/h1-34H. The van der Waals surface area contributed by atoms with Gasteiger partial charge in [0.15, 0.2) is 0 Å². The Morgan fingerprint density at radius 1 is 0.339 bits per heavy atom. The van der Waals surface area contributed by atoms with Crippen LogP contribution in [0.3, 0.4) is 0 Å². The van der Waals surface area contributed by atoms with Crippen LogP contribution in [-0.4, -0.2) is 4.98 Å². The number of anilines is 3. The number of fused-ring (bicyclic) bond motifs is 6. The molecule has 0 unspecified atom stereocenters.